The molecule has 1 aromatic heterocycles. The number of halogens is 2. The monoisotopic (exact) mass is 521 g/mol. The molecule has 0 aliphatic rings. The third-order valence-corrected chi connectivity index (χ3v) is 5.90. The molecule has 3 aromatic carbocycles. The normalized spacial score (nSPS) is 12.2. The minimum Gasteiger partial charge on any atom is -0.491 e. The molecule has 6 nitrogen and oxygen atoms in total. The van der Waals surface area contributed by atoms with Gasteiger partial charge in [-0.05, 0) is 49.2 Å². The van der Waals surface area contributed by atoms with E-state index in [4.69, 9.17) is 14.6 Å². The highest BCUT2D eigenvalue weighted by molar-refractivity contribution is 5.43. The van der Waals surface area contributed by atoms with Crippen molar-refractivity contribution in [2.24, 2.45) is 5.92 Å². The van der Waals surface area contributed by atoms with Gasteiger partial charge in [0.05, 0.1) is 16.9 Å². The Morgan fingerprint density at radius 3 is 2.29 bits per heavy atom. The number of hydrogen-bond donors (Lipinski definition) is 1. The van der Waals surface area contributed by atoms with E-state index in [-0.39, 0.29) is 12.4 Å². The van der Waals surface area contributed by atoms with Crippen LogP contribution in [0.4, 0.5) is 8.78 Å². The molecule has 0 aliphatic carbocycles. The average molecular weight is 522 g/mol. The van der Waals surface area contributed by atoms with E-state index in [2.05, 4.69) is 18.7 Å². The van der Waals surface area contributed by atoms with Crippen LogP contribution in [0.2, 0.25) is 0 Å². The number of aryl methyl sites for hydroxylation is 1. The van der Waals surface area contributed by atoms with E-state index in [0.29, 0.717) is 42.9 Å². The molecule has 0 saturated heterocycles. The minimum atomic E-state index is -0.804. The fraction of sp³-hybridized carbons (Fsp3) is 0.300. The Labute approximate surface area is 222 Å². The van der Waals surface area contributed by atoms with E-state index in [1.807, 2.05) is 67.6 Å². The standard InChI is InChI=1S/C30H33F2N3O3/c1-21(2)17-34(18-25(36)20-37-26-12-8-5-9-13-26)19-27-22(3)33-35(24-10-6-4-7-11-24)30(27)38-29-15-14-23(31)16-28(29)32/h4-16,21,25,36H,17-20H2,1-3H3. The maximum absolute atomic E-state index is 14.6. The Balaban J connectivity index is 1.62. The van der Waals surface area contributed by atoms with Gasteiger partial charge in [-0.3, -0.25) is 4.90 Å². The molecule has 1 unspecified atom stereocenters. The van der Waals surface area contributed by atoms with Gasteiger partial charge in [-0.2, -0.15) is 5.10 Å². The molecule has 0 fully saturated rings. The first-order chi connectivity index (χ1) is 18.3. The summed E-state index contributed by atoms with van der Waals surface area (Å²) in [5.41, 5.74) is 2.19. The largest absolute Gasteiger partial charge is 0.491 e. The van der Waals surface area contributed by atoms with Crippen LogP contribution in [-0.4, -0.2) is 45.6 Å². The molecule has 0 spiro atoms. The maximum atomic E-state index is 14.6. The summed E-state index contributed by atoms with van der Waals surface area (Å²) in [6, 6.07) is 22.0. The lowest BCUT2D eigenvalue weighted by atomic mass is 10.1. The minimum absolute atomic E-state index is 0.101. The Morgan fingerprint density at radius 1 is 0.947 bits per heavy atom. The molecule has 38 heavy (non-hydrogen) atoms. The first kappa shape index (κ1) is 27.3. The molecule has 0 saturated carbocycles. The second kappa shape index (κ2) is 12.7. The lowest BCUT2D eigenvalue weighted by molar-refractivity contribution is 0.0612. The Hall–Kier alpha value is -3.75. The van der Waals surface area contributed by atoms with Crippen molar-refractivity contribution in [2.75, 3.05) is 19.7 Å². The topological polar surface area (TPSA) is 59.8 Å². The molecular formula is C30H33F2N3O3. The summed E-state index contributed by atoms with van der Waals surface area (Å²) in [5, 5.41) is 15.5. The van der Waals surface area contributed by atoms with Crippen LogP contribution in [0.5, 0.6) is 17.4 Å². The van der Waals surface area contributed by atoms with E-state index in [9.17, 15) is 13.9 Å². The zero-order valence-electron chi connectivity index (χ0n) is 21.8. The molecule has 0 aliphatic heterocycles. The number of rotatable bonds is 12. The SMILES string of the molecule is Cc1nn(-c2ccccc2)c(Oc2ccc(F)cc2F)c1CN(CC(C)C)CC(O)COc1ccccc1. The van der Waals surface area contributed by atoms with Crippen LogP contribution in [0.15, 0.2) is 78.9 Å². The molecule has 1 heterocycles. The van der Waals surface area contributed by atoms with Crippen molar-refractivity contribution in [3.05, 3.63) is 102 Å². The quantitative estimate of drug-likeness (QED) is 0.242. The van der Waals surface area contributed by atoms with Crippen LogP contribution in [0.3, 0.4) is 0 Å². The number of aromatic nitrogens is 2. The number of aliphatic hydroxyl groups excluding tert-OH is 1. The lowest BCUT2D eigenvalue weighted by Crippen LogP contribution is -2.37. The lowest BCUT2D eigenvalue weighted by Gasteiger charge is -2.27. The van der Waals surface area contributed by atoms with Crippen LogP contribution < -0.4 is 9.47 Å². The highest BCUT2D eigenvalue weighted by Crippen LogP contribution is 2.33. The predicted octanol–water partition coefficient (Wildman–Crippen LogP) is 6.15. The Bertz CT molecular complexity index is 1310. The van der Waals surface area contributed by atoms with Gasteiger partial charge in [-0.25, -0.2) is 13.5 Å². The summed E-state index contributed by atoms with van der Waals surface area (Å²) in [6.45, 7) is 7.67. The van der Waals surface area contributed by atoms with Crippen molar-refractivity contribution in [1.82, 2.24) is 14.7 Å². The van der Waals surface area contributed by atoms with Crippen molar-refractivity contribution < 1.29 is 23.4 Å². The number of hydrogen-bond acceptors (Lipinski definition) is 5. The van der Waals surface area contributed by atoms with Gasteiger partial charge in [-0.15, -0.1) is 0 Å². The molecule has 200 valence electrons. The van der Waals surface area contributed by atoms with E-state index in [1.54, 1.807) is 4.68 Å². The summed E-state index contributed by atoms with van der Waals surface area (Å²) in [5.74, 6) is -0.237. The number of nitrogens with zero attached hydrogens (tertiary/aromatic N) is 3. The fourth-order valence-electron chi connectivity index (χ4n) is 4.24. The van der Waals surface area contributed by atoms with Crippen LogP contribution in [0.25, 0.3) is 5.69 Å². The molecular weight excluding hydrogens is 488 g/mol. The summed E-state index contributed by atoms with van der Waals surface area (Å²) in [7, 11) is 0. The number of para-hydroxylation sites is 2. The predicted molar refractivity (Wildman–Crippen MR) is 143 cm³/mol. The third kappa shape index (κ3) is 7.18. The number of aliphatic hydroxyl groups is 1. The molecule has 4 aromatic rings. The van der Waals surface area contributed by atoms with E-state index < -0.39 is 17.7 Å². The Morgan fingerprint density at radius 2 is 1.63 bits per heavy atom. The second-order valence-corrected chi connectivity index (χ2v) is 9.66. The first-order valence-corrected chi connectivity index (χ1v) is 12.6. The third-order valence-electron chi connectivity index (χ3n) is 5.90. The van der Waals surface area contributed by atoms with Gasteiger partial charge in [0.25, 0.3) is 0 Å². The van der Waals surface area contributed by atoms with E-state index >= 15 is 0 Å². The van der Waals surface area contributed by atoms with Crippen LogP contribution in [0.1, 0.15) is 25.1 Å². The fourth-order valence-corrected chi connectivity index (χ4v) is 4.24. The van der Waals surface area contributed by atoms with Gasteiger partial charge in [0.15, 0.2) is 11.6 Å². The van der Waals surface area contributed by atoms with Gasteiger partial charge >= 0.3 is 0 Å². The number of benzene rings is 3. The first-order valence-electron chi connectivity index (χ1n) is 12.6. The average Bonchev–Trinajstić information content (AvgIpc) is 3.19. The van der Waals surface area contributed by atoms with Crippen molar-refractivity contribution in [3.8, 4) is 23.1 Å². The molecule has 0 bridgehead atoms. The van der Waals surface area contributed by atoms with Crippen LogP contribution in [0, 0.1) is 24.5 Å². The van der Waals surface area contributed by atoms with Gasteiger partial charge in [-0.1, -0.05) is 50.2 Å². The summed E-state index contributed by atoms with van der Waals surface area (Å²) >= 11 is 0. The molecule has 8 heteroatoms. The van der Waals surface area contributed by atoms with Gasteiger partial charge in [0, 0.05) is 25.7 Å². The summed E-state index contributed by atoms with van der Waals surface area (Å²) < 4.78 is 41.6. The van der Waals surface area contributed by atoms with E-state index in [1.165, 1.54) is 6.07 Å². The van der Waals surface area contributed by atoms with Crippen molar-refractivity contribution in [3.63, 3.8) is 0 Å². The maximum Gasteiger partial charge on any atom is 0.227 e. The second-order valence-electron chi connectivity index (χ2n) is 9.66. The van der Waals surface area contributed by atoms with Crippen LogP contribution in [-0.2, 0) is 6.54 Å². The molecule has 4 rings (SSSR count). The smallest absolute Gasteiger partial charge is 0.227 e. The zero-order valence-corrected chi connectivity index (χ0v) is 21.8. The highest BCUT2D eigenvalue weighted by atomic mass is 19.1. The molecule has 0 radical (unpaired) electrons. The summed E-state index contributed by atoms with van der Waals surface area (Å²) in [6.07, 6.45) is -0.739. The van der Waals surface area contributed by atoms with Gasteiger partial charge in [0.2, 0.25) is 5.88 Å². The zero-order chi connectivity index (χ0) is 27.1. The van der Waals surface area contributed by atoms with E-state index in [0.717, 1.165) is 23.4 Å². The van der Waals surface area contributed by atoms with Gasteiger partial charge in [0.1, 0.15) is 24.3 Å². The van der Waals surface area contributed by atoms with Crippen molar-refractivity contribution >= 4 is 0 Å². The molecule has 1 N–H and O–H groups in total. The van der Waals surface area contributed by atoms with Crippen molar-refractivity contribution in [1.29, 1.82) is 0 Å². The van der Waals surface area contributed by atoms with Crippen molar-refractivity contribution in [2.45, 2.75) is 33.4 Å². The summed E-state index contributed by atoms with van der Waals surface area (Å²) in [4.78, 5) is 2.11. The molecule has 1 atom stereocenters. The molecule has 0 amide bonds. The highest BCUT2D eigenvalue weighted by Gasteiger charge is 2.24. The van der Waals surface area contributed by atoms with Crippen LogP contribution >= 0.6 is 0 Å². The van der Waals surface area contributed by atoms with Gasteiger partial charge < -0.3 is 14.6 Å². The Kier molecular flexibility index (Phi) is 9.10. The number of ether oxygens (including phenoxy) is 2.